The molecule has 0 rings (SSSR count). The Kier molecular flexibility index (Phi) is 26.8. The fourth-order valence-corrected chi connectivity index (χ4v) is 3.40. The molecule has 0 fully saturated rings. The minimum Gasteiger partial charge on any atom is -1.00 e. The van der Waals surface area contributed by atoms with Gasteiger partial charge in [0.25, 0.3) is 0 Å². The predicted molar refractivity (Wildman–Crippen MR) is 110 cm³/mol. The van der Waals surface area contributed by atoms with Crippen LogP contribution in [-0.2, 0) is 4.79 Å². The molecule has 4 nitrogen and oxygen atoms in total. The Morgan fingerprint density at radius 3 is 1.11 bits per heavy atom. The van der Waals surface area contributed by atoms with Crippen LogP contribution in [-0.4, -0.2) is 34.0 Å². The molecule has 0 spiro atoms. The van der Waals surface area contributed by atoms with Gasteiger partial charge in [-0.1, -0.05) is 109 Å². The molecule has 0 radical (unpaired) electrons. The summed E-state index contributed by atoms with van der Waals surface area (Å²) in [6, 6.07) is 0. The topological polar surface area (TPSA) is 77.8 Å². The van der Waals surface area contributed by atoms with Gasteiger partial charge in [-0.15, -0.1) is 0 Å². The third-order valence-corrected chi connectivity index (χ3v) is 5.17. The molecule has 0 bridgehead atoms. The first-order valence-corrected chi connectivity index (χ1v) is 11.2. The quantitative estimate of drug-likeness (QED) is 0.206. The molecule has 1 unspecified atom stereocenters. The number of hydrogen-bond donors (Lipinski definition) is 3. The van der Waals surface area contributed by atoms with Gasteiger partial charge in [-0.05, 0) is 12.8 Å². The van der Waals surface area contributed by atoms with Gasteiger partial charge in [-0.2, -0.15) is 0 Å². The van der Waals surface area contributed by atoms with Crippen LogP contribution in [0.2, 0.25) is 0 Å². The largest absolute Gasteiger partial charge is 1.00 e. The first-order valence-electron chi connectivity index (χ1n) is 11.2. The van der Waals surface area contributed by atoms with Gasteiger partial charge < -0.3 is 16.7 Å². The molecule has 0 amide bonds. The third-order valence-electron chi connectivity index (χ3n) is 5.17. The van der Waals surface area contributed by atoms with Gasteiger partial charge >= 0.3 is 35.5 Å². The van der Waals surface area contributed by atoms with E-state index in [1.54, 1.807) is 0 Å². The van der Waals surface area contributed by atoms with Crippen LogP contribution >= 0.6 is 0 Å². The molecule has 0 aromatic heterocycles. The van der Waals surface area contributed by atoms with Crippen molar-refractivity contribution in [1.82, 2.24) is 0 Å². The monoisotopic (exact) mass is 396 g/mol. The molecule has 0 aromatic carbocycles. The molecule has 158 valence electrons. The molecule has 0 aliphatic carbocycles. The molecule has 0 saturated heterocycles. The molecule has 0 aromatic rings. The Bertz CT molecular complexity index is 306. The van der Waals surface area contributed by atoms with E-state index in [0.717, 1.165) is 25.7 Å². The number of carboxylic acid groups (broad SMARTS) is 1. The number of carbonyl (C=O) groups is 1. The van der Waals surface area contributed by atoms with Gasteiger partial charge in [0.1, 0.15) is 0 Å². The van der Waals surface area contributed by atoms with Crippen molar-refractivity contribution >= 4 is 5.97 Å². The SMILES string of the molecule is O=C(O)C(O)CCCCCCCCCCCCCCCCCCCCO.[H-].[Na+]. The zero-order chi connectivity index (χ0) is 19.3. The second-order valence-corrected chi connectivity index (χ2v) is 7.73. The summed E-state index contributed by atoms with van der Waals surface area (Å²) < 4.78 is 0. The van der Waals surface area contributed by atoms with Gasteiger partial charge in [-0.25, -0.2) is 4.79 Å². The van der Waals surface area contributed by atoms with Gasteiger partial charge in [0, 0.05) is 6.61 Å². The van der Waals surface area contributed by atoms with E-state index in [-0.39, 0.29) is 31.0 Å². The normalized spacial score (nSPS) is 11.9. The summed E-state index contributed by atoms with van der Waals surface area (Å²) >= 11 is 0. The van der Waals surface area contributed by atoms with Crippen LogP contribution in [0.25, 0.3) is 0 Å². The number of rotatable bonds is 21. The summed E-state index contributed by atoms with van der Waals surface area (Å²) in [4.78, 5) is 10.5. The first-order chi connectivity index (χ1) is 12.7. The predicted octanol–water partition coefficient (Wildman–Crippen LogP) is 2.95. The van der Waals surface area contributed by atoms with E-state index in [1.807, 2.05) is 0 Å². The summed E-state index contributed by atoms with van der Waals surface area (Å²) in [6.07, 6.45) is 21.8. The fourth-order valence-electron chi connectivity index (χ4n) is 3.40. The Hall–Kier alpha value is 0.390. The van der Waals surface area contributed by atoms with Crippen LogP contribution in [0.3, 0.4) is 0 Å². The Morgan fingerprint density at radius 2 is 0.852 bits per heavy atom. The smallest absolute Gasteiger partial charge is 1.00 e. The summed E-state index contributed by atoms with van der Waals surface area (Å²) in [7, 11) is 0. The minimum atomic E-state index is -1.17. The van der Waals surface area contributed by atoms with Crippen LogP contribution in [0.4, 0.5) is 0 Å². The molecule has 1 atom stereocenters. The Morgan fingerprint density at radius 1 is 0.593 bits per heavy atom. The third kappa shape index (κ3) is 24.4. The van der Waals surface area contributed by atoms with Gasteiger partial charge in [0.2, 0.25) is 0 Å². The van der Waals surface area contributed by atoms with Crippen molar-refractivity contribution in [2.75, 3.05) is 6.61 Å². The summed E-state index contributed by atoms with van der Waals surface area (Å²) in [5.41, 5.74) is 0. The standard InChI is InChI=1S/C22H44O4.Na.H/c23-20-18-16-14-12-10-8-6-4-2-1-3-5-7-9-11-13-15-17-19-21(24)22(25)26;;/h21,23-24H,1-20H2,(H,25,26);;/q;+1;-1. The number of hydrogen-bond acceptors (Lipinski definition) is 3. The Labute approximate surface area is 191 Å². The number of carboxylic acids is 1. The summed E-state index contributed by atoms with van der Waals surface area (Å²) in [6.45, 7) is 0.347. The maximum absolute atomic E-state index is 10.5. The van der Waals surface area contributed by atoms with Crippen molar-refractivity contribution in [3.05, 3.63) is 0 Å². The van der Waals surface area contributed by atoms with Crippen LogP contribution in [0.5, 0.6) is 0 Å². The van der Waals surface area contributed by atoms with Crippen molar-refractivity contribution in [3.8, 4) is 0 Å². The first kappa shape index (κ1) is 29.6. The molecule has 0 heterocycles. The molecule has 3 N–H and O–H groups in total. The number of unbranched alkanes of at least 4 members (excludes halogenated alkanes) is 17. The number of aliphatic carboxylic acids is 1. The molecule has 5 heteroatoms. The van der Waals surface area contributed by atoms with Crippen molar-refractivity contribution in [2.45, 2.75) is 128 Å². The van der Waals surface area contributed by atoms with E-state index in [9.17, 15) is 4.79 Å². The van der Waals surface area contributed by atoms with Gasteiger partial charge in [0.15, 0.2) is 6.10 Å². The molecular weight excluding hydrogens is 351 g/mol. The van der Waals surface area contributed by atoms with Crippen LogP contribution in [0.1, 0.15) is 123 Å². The van der Waals surface area contributed by atoms with Crippen molar-refractivity contribution in [1.29, 1.82) is 0 Å². The van der Waals surface area contributed by atoms with Crippen molar-refractivity contribution in [2.24, 2.45) is 0 Å². The number of aliphatic hydroxyl groups is 2. The van der Waals surface area contributed by atoms with Crippen molar-refractivity contribution in [3.63, 3.8) is 0 Å². The molecular formula is C22H45NaO4. The second kappa shape index (κ2) is 24.4. The fraction of sp³-hybridized carbons (Fsp3) is 0.955. The van der Waals surface area contributed by atoms with Crippen LogP contribution in [0.15, 0.2) is 0 Å². The van der Waals surface area contributed by atoms with E-state index in [1.165, 1.54) is 89.9 Å². The van der Waals surface area contributed by atoms with Gasteiger partial charge in [0.05, 0.1) is 0 Å². The van der Waals surface area contributed by atoms with Gasteiger partial charge in [-0.3, -0.25) is 0 Å². The zero-order valence-corrected chi connectivity index (χ0v) is 20.0. The van der Waals surface area contributed by atoms with E-state index in [2.05, 4.69) is 0 Å². The summed E-state index contributed by atoms with van der Waals surface area (Å²) in [5.74, 6) is -1.10. The maximum atomic E-state index is 10.5. The van der Waals surface area contributed by atoms with E-state index >= 15 is 0 Å². The number of aliphatic hydroxyl groups excluding tert-OH is 2. The van der Waals surface area contributed by atoms with E-state index in [4.69, 9.17) is 15.3 Å². The van der Waals surface area contributed by atoms with E-state index in [0.29, 0.717) is 13.0 Å². The molecule has 0 aliphatic rings. The molecule has 27 heavy (non-hydrogen) atoms. The average Bonchev–Trinajstić information content (AvgIpc) is 2.63. The summed E-state index contributed by atoms with van der Waals surface area (Å²) in [5, 5.41) is 26.4. The van der Waals surface area contributed by atoms with Crippen LogP contribution in [0, 0.1) is 0 Å². The average molecular weight is 397 g/mol. The maximum Gasteiger partial charge on any atom is 1.00 e. The van der Waals surface area contributed by atoms with Crippen molar-refractivity contribution < 1.29 is 51.1 Å². The zero-order valence-electron chi connectivity index (χ0n) is 19.0. The Balaban J connectivity index is -0.00000312. The molecule has 0 aliphatic heterocycles. The second-order valence-electron chi connectivity index (χ2n) is 7.73. The van der Waals surface area contributed by atoms with Crippen LogP contribution < -0.4 is 29.6 Å². The molecule has 0 saturated carbocycles. The minimum absolute atomic E-state index is 0. The van der Waals surface area contributed by atoms with E-state index < -0.39 is 12.1 Å².